The molecule has 150 valence electrons. The summed E-state index contributed by atoms with van der Waals surface area (Å²) in [7, 11) is 0. The van der Waals surface area contributed by atoms with Crippen LogP contribution in [0.3, 0.4) is 0 Å². The summed E-state index contributed by atoms with van der Waals surface area (Å²) >= 11 is 0. The van der Waals surface area contributed by atoms with Crippen LogP contribution in [0.25, 0.3) is 0 Å². The average molecular weight is 370 g/mol. The maximum atomic E-state index is 12.0. The number of carbonyl (C=O) groups excluding carboxylic acids is 3. The SMILES string of the molecule is CCOCC(=O)NCCOCCC(=O)NC1CCC(C(=O)C(C)C)CC1. The molecule has 1 fully saturated rings. The average Bonchev–Trinajstić information content (AvgIpc) is 2.62. The molecular formula is C19H34N2O5. The third kappa shape index (κ3) is 9.29. The Labute approximate surface area is 156 Å². The van der Waals surface area contributed by atoms with E-state index >= 15 is 0 Å². The van der Waals surface area contributed by atoms with E-state index in [0.29, 0.717) is 38.6 Å². The number of rotatable bonds is 12. The van der Waals surface area contributed by atoms with Gasteiger partial charge < -0.3 is 20.1 Å². The molecule has 1 aliphatic rings. The van der Waals surface area contributed by atoms with E-state index in [2.05, 4.69) is 10.6 Å². The molecule has 2 amide bonds. The Morgan fingerprint density at radius 1 is 1.00 bits per heavy atom. The molecule has 0 spiro atoms. The van der Waals surface area contributed by atoms with Crippen molar-refractivity contribution in [3.05, 3.63) is 0 Å². The van der Waals surface area contributed by atoms with Crippen LogP contribution in [0.1, 0.15) is 52.9 Å². The van der Waals surface area contributed by atoms with E-state index in [1.165, 1.54) is 0 Å². The van der Waals surface area contributed by atoms with Crippen molar-refractivity contribution in [2.24, 2.45) is 11.8 Å². The number of nitrogens with one attached hydrogen (secondary N) is 2. The number of hydrogen-bond acceptors (Lipinski definition) is 5. The fourth-order valence-electron chi connectivity index (χ4n) is 3.07. The molecule has 0 unspecified atom stereocenters. The van der Waals surface area contributed by atoms with E-state index in [0.717, 1.165) is 25.7 Å². The van der Waals surface area contributed by atoms with Crippen LogP contribution < -0.4 is 10.6 Å². The van der Waals surface area contributed by atoms with Crippen LogP contribution in [0.15, 0.2) is 0 Å². The minimum atomic E-state index is -0.167. The number of carbonyl (C=O) groups is 3. The Hall–Kier alpha value is -1.47. The maximum absolute atomic E-state index is 12.0. The molecule has 0 aromatic rings. The largest absolute Gasteiger partial charge is 0.379 e. The molecule has 0 heterocycles. The molecule has 0 aromatic heterocycles. The highest BCUT2D eigenvalue weighted by Crippen LogP contribution is 2.27. The molecule has 26 heavy (non-hydrogen) atoms. The zero-order chi connectivity index (χ0) is 19.4. The van der Waals surface area contributed by atoms with E-state index in [1.54, 1.807) is 0 Å². The Kier molecular flexibility index (Phi) is 11.1. The second-order valence-electron chi connectivity index (χ2n) is 7.02. The second kappa shape index (κ2) is 12.8. The molecule has 7 nitrogen and oxygen atoms in total. The van der Waals surface area contributed by atoms with Crippen molar-refractivity contribution >= 4 is 17.6 Å². The van der Waals surface area contributed by atoms with Crippen molar-refractivity contribution in [3.8, 4) is 0 Å². The van der Waals surface area contributed by atoms with Crippen LogP contribution >= 0.6 is 0 Å². The third-order valence-electron chi connectivity index (χ3n) is 4.54. The standard InChI is InChI=1S/C19H34N2O5/c1-4-25-13-18(23)20-10-12-26-11-9-17(22)21-16-7-5-15(6-8-16)19(24)14(2)3/h14-16H,4-13H2,1-3H3,(H,20,23)(H,21,22). The zero-order valence-electron chi connectivity index (χ0n) is 16.3. The van der Waals surface area contributed by atoms with Crippen molar-refractivity contribution in [2.45, 2.75) is 58.9 Å². The molecule has 0 aliphatic heterocycles. The molecule has 0 atom stereocenters. The van der Waals surface area contributed by atoms with Gasteiger partial charge in [0.25, 0.3) is 0 Å². The maximum Gasteiger partial charge on any atom is 0.246 e. The minimum Gasteiger partial charge on any atom is -0.379 e. The molecular weight excluding hydrogens is 336 g/mol. The molecule has 0 radical (unpaired) electrons. The number of Topliss-reactive ketones (excluding diaryl/α,β-unsaturated/α-hetero) is 1. The lowest BCUT2D eigenvalue weighted by Crippen LogP contribution is -2.39. The van der Waals surface area contributed by atoms with Gasteiger partial charge in [0.05, 0.1) is 13.2 Å². The fourth-order valence-corrected chi connectivity index (χ4v) is 3.07. The number of amides is 2. The van der Waals surface area contributed by atoms with Crippen molar-refractivity contribution in [3.63, 3.8) is 0 Å². The first-order valence-corrected chi connectivity index (χ1v) is 9.69. The quantitative estimate of drug-likeness (QED) is 0.507. The van der Waals surface area contributed by atoms with Crippen LogP contribution in [0.5, 0.6) is 0 Å². The normalized spacial score (nSPS) is 20.0. The summed E-state index contributed by atoms with van der Waals surface area (Å²) in [5, 5.41) is 5.70. The van der Waals surface area contributed by atoms with Gasteiger partial charge in [0.1, 0.15) is 12.4 Å². The van der Waals surface area contributed by atoms with Crippen molar-refractivity contribution in [2.75, 3.05) is 33.0 Å². The molecule has 7 heteroatoms. The molecule has 0 aromatic carbocycles. The van der Waals surface area contributed by atoms with E-state index in [9.17, 15) is 14.4 Å². The number of ether oxygens (including phenoxy) is 2. The van der Waals surface area contributed by atoms with Gasteiger partial charge in [0, 0.05) is 37.5 Å². The monoisotopic (exact) mass is 370 g/mol. The summed E-state index contributed by atoms with van der Waals surface area (Å²) in [4.78, 5) is 35.3. The second-order valence-corrected chi connectivity index (χ2v) is 7.02. The van der Waals surface area contributed by atoms with Crippen molar-refractivity contribution in [1.82, 2.24) is 10.6 Å². The Bertz CT molecular complexity index is 445. The Morgan fingerprint density at radius 3 is 2.31 bits per heavy atom. The summed E-state index contributed by atoms with van der Waals surface area (Å²) in [5.41, 5.74) is 0. The lowest BCUT2D eigenvalue weighted by Gasteiger charge is -2.29. The molecule has 2 N–H and O–H groups in total. The van der Waals surface area contributed by atoms with Crippen LogP contribution in [0, 0.1) is 11.8 Å². The van der Waals surface area contributed by atoms with Gasteiger partial charge in [-0.15, -0.1) is 0 Å². The van der Waals surface area contributed by atoms with Gasteiger partial charge in [-0.2, -0.15) is 0 Å². The molecule has 1 saturated carbocycles. The minimum absolute atomic E-state index is 0.0241. The Morgan fingerprint density at radius 2 is 1.69 bits per heavy atom. The summed E-state index contributed by atoms with van der Waals surface area (Å²) in [5.74, 6) is 0.400. The van der Waals surface area contributed by atoms with E-state index in [4.69, 9.17) is 9.47 Å². The number of hydrogen-bond donors (Lipinski definition) is 2. The number of ketones is 1. The van der Waals surface area contributed by atoms with Crippen LogP contribution in [-0.4, -0.2) is 56.6 Å². The topological polar surface area (TPSA) is 93.7 Å². The highest BCUT2D eigenvalue weighted by molar-refractivity contribution is 5.83. The summed E-state index contributed by atoms with van der Waals surface area (Å²) < 4.78 is 10.3. The van der Waals surface area contributed by atoms with Gasteiger partial charge in [-0.25, -0.2) is 0 Å². The zero-order valence-corrected chi connectivity index (χ0v) is 16.3. The third-order valence-corrected chi connectivity index (χ3v) is 4.54. The van der Waals surface area contributed by atoms with Crippen LogP contribution in [-0.2, 0) is 23.9 Å². The van der Waals surface area contributed by atoms with Crippen LogP contribution in [0.4, 0.5) is 0 Å². The first-order chi connectivity index (χ1) is 12.4. The lowest BCUT2D eigenvalue weighted by atomic mass is 9.80. The van der Waals surface area contributed by atoms with Gasteiger partial charge in [0.2, 0.25) is 11.8 Å². The molecule has 0 saturated heterocycles. The van der Waals surface area contributed by atoms with Gasteiger partial charge in [0.15, 0.2) is 0 Å². The van der Waals surface area contributed by atoms with E-state index < -0.39 is 0 Å². The molecule has 1 aliphatic carbocycles. The lowest BCUT2D eigenvalue weighted by molar-refractivity contribution is -0.127. The van der Waals surface area contributed by atoms with Gasteiger partial charge in [-0.3, -0.25) is 14.4 Å². The van der Waals surface area contributed by atoms with Crippen molar-refractivity contribution < 1.29 is 23.9 Å². The highest BCUT2D eigenvalue weighted by Gasteiger charge is 2.28. The first-order valence-electron chi connectivity index (χ1n) is 9.69. The molecule has 1 rings (SSSR count). The summed E-state index contributed by atoms with van der Waals surface area (Å²) in [6.45, 7) is 7.39. The van der Waals surface area contributed by atoms with E-state index in [-0.39, 0.29) is 36.3 Å². The first kappa shape index (κ1) is 22.6. The van der Waals surface area contributed by atoms with Gasteiger partial charge >= 0.3 is 0 Å². The van der Waals surface area contributed by atoms with Crippen LogP contribution in [0.2, 0.25) is 0 Å². The fraction of sp³-hybridized carbons (Fsp3) is 0.842. The molecule has 0 bridgehead atoms. The summed E-state index contributed by atoms with van der Waals surface area (Å²) in [6.07, 6.45) is 3.75. The highest BCUT2D eigenvalue weighted by atomic mass is 16.5. The van der Waals surface area contributed by atoms with Gasteiger partial charge in [-0.05, 0) is 32.6 Å². The van der Waals surface area contributed by atoms with Crippen molar-refractivity contribution in [1.29, 1.82) is 0 Å². The summed E-state index contributed by atoms with van der Waals surface area (Å²) in [6, 6.07) is 0.163. The predicted molar refractivity (Wildman–Crippen MR) is 98.7 cm³/mol. The Balaban J connectivity index is 2.04. The predicted octanol–water partition coefficient (Wildman–Crippen LogP) is 1.45. The smallest absolute Gasteiger partial charge is 0.246 e. The van der Waals surface area contributed by atoms with Gasteiger partial charge in [-0.1, -0.05) is 13.8 Å². The van der Waals surface area contributed by atoms with E-state index in [1.807, 2.05) is 20.8 Å².